The molecule has 2 aliphatic heterocycles. The number of methoxy groups -OCH3 is 2. The van der Waals surface area contributed by atoms with Crippen LogP contribution in [-0.4, -0.2) is 161 Å². The van der Waals surface area contributed by atoms with E-state index in [-0.39, 0.29) is 23.1 Å². The van der Waals surface area contributed by atoms with Crippen LogP contribution in [0.15, 0.2) is 218 Å². The maximum absolute atomic E-state index is 14.8. The molecule has 2 saturated heterocycles. The summed E-state index contributed by atoms with van der Waals surface area (Å²) in [7, 11) is -1.77. The van der Waals surface area contributed by atoms with E-state index in [4.69, 9.17) is 79.9 Å². The zero-order valence-electron chi connectivity index (χ0n) is 64.0. The number of aliphatic hydroxyl groups excluding tert-OH is 1. The molecule has 109 heavy (non-hydrogen) atoms. The van der Waals surface area contributed by atoms with E-state index in [9.17, 15) is 24.3 Å². The number of ether oxygens (including phenoxy) is 15. The summed E-state index contributed by atoms with van der Waals surface area (Å²) in [4.78, 5) is 58.0. The van der Waals surface area contributed by atoms with Crippen LogP contribution < -0.4 is 37.3 Å². The number of hydrogen-bond donors (Lipinski definition) is 1. The summed E-state index contributed by atoms with van der Waals surface area (Å²) in [5.74, 6) is -0.247. The predicted molar refractivity (Wildman–Crippen MR) is 411 cm³/mol. The van der Waals surface area contributed by atoms with Crippen LogP contribution in [0.4, 0.5) is 0 Å². The Hall–Kier alpha value is -9.77. The molecule has 8 aromatic rings. The lowest BCUT2D eigenvalue weighted by molar-refractivity contribution is -0.360. The highest BCUT2D eigenvalue weighted by atomic mass is 28.4. The molecular weight excluding hydrogens is 1430 g/mol. The molecule has 0 saturated carbocycles. The number of para-hydroxylation sites is 4. The minimum absolute atomic E-state index is 0.119. The maximum Gasteiger partial charge on any atom is 0.344 e. The Morgan fingerprint density at radius 2 is 0.798 bits per heavy atom. The second-order valence-corrected chi connectivity index (χ2v) is 39.0. The molecular formula is C85H100O22Si2. The van der Waals surface area contributed by atoms with Crippen LogP contribution in [0.25, 0.3) is 0 Å². The van der Waals surface area contributed by atoms with Crippen LogP contribution in [0.5, 0.6) is 46.0 Å². The minimum atomic E-state index is -2.50. The second-order valence-electron chi connectivity index (χ2n) is 29.5. The number of esters is 4. The fourth-order valence-electron chi connectivity index (χ4n) is 11.8. The summed E-state index contributed by atoms with van der Waals surface area (Å²) in [6.07, 6.45) is -16.9. The molecule has 22 nitrogen and oxygen atoms in total. The van der Waals surface area contributed by atoms with E-state index in [2.05, 4.69) is 67.7 Å². The van der Waals surface area contributed by atoms with Crippen LogP contribution in [0.3, 0.4) is 0 Å². The minimum Gasteiger partial charge on any atom is -0.541 e. The van der Waals surface area contributed by atoms with Gasteiger partial charge in [0.1, 0.15) is 69.9 Å². The van der Waals surface area contributed by atoms with Crippen molar-refractivity contribution in [1.82, 2.24) is 0 Å². The van der Waals surface area contributed by atoms with Crippen molar-refractivity contribution in [3.8, 4) is 46.0 Å². The Morgan fingerprint density at radius 3 is 1.21 bits per heavy atom. The number of hydrogen-bond acceptors (Lipinski definition) is 22. The topological polar surface area (TPSA) is 245 Å². The molecule has 2 fully saturated rings. The number of benzene rings is 8. The van der Waals surface area contributed by atoms with Gasteiger partial charge >= 0.3 is 23.9 Å². The molecule has 0 unspecified atom stereocenters. The molecule has 1 N–H and O–H groups in total. The van der Waals surface area contributed by atoms with E-state index >= 15 is 0 Å². The highest BCUT2D eigenvalue weighted by Gasteiger charge is 2.57. The maximum atomic E-state index is 14.8. The lowest BCUT2D eigenvalue weighted by Crippen LogP contribution is -2.66. The van der Waals surface area contributed by atoms with E-state index in [1.54, 1.807) is 136 Å². The van der Waals surface area contributed by atoms with E-state index in [0.29, 0.717) is 62.7 Å². The Labute approximate surface area is 640 Å². The molecule has 10 atom stereocenters. The Bertz CT molecular complexity index is 4130. The zero-order chi connectivity index (χ0) is 77.9. The van der Waals surface area contributed by atoms with Gasteiger partial charge < -0.3 is 85.0 Å². The number of carbonyl (C=O) groups excluding carboxylic acids is 4. The van der Waals surface area contributed by atoms with E-state index in [0.717, 1.165) is 5.56 Å². The Morgan fingerprint density at radius 1 is 0.422 bits per heavy atom. The first-order chi connectivity index (χ1) is 52.1. The SMILES string of the molecule is COc1ccc(C(OC[C@H]2O[C@@H](OCCc3ccc(O[Si](C)(C)C(C)(C)C)c(O[Si](C)(C)C(C)(C)C)c3)[C@H](OC(=O)COc3ccccc3)[C@@H](O[C@@H]3O[C@@H](C)[C@H](OC(=O)COc4ccccc4)[C@@H](OC(=O)COc4ccccc4)[C@H]3OC(=O)COc3ccccc3)[C@@H]2O)(c2ccccc2)c2ccc(OC)cc2)cc1. The highest BCUT2D eigenvalue weighted by molar-refractivity contribution is 6.75. The standard InChI is InChI=1S/C85H100O22Si2/c1-57-76(101-71(86)53-94-64-31-21-15-22-32-64)78(102-72(87)54-95-65-33-23-16-24-34-65)80(104-74(89)56-97-67-37-27-18-28-38-67)82(99-57)105-77-75(90)70(52-98-85(59-29-19-14-20-30-59,60-40-44-62(91-8)45-41-60)61-42-46-63(92-9)47-43-61)100-81(79(77)103-73(88)55-96-66-35-25-17-26-36-66)93-50-49-58-39-48-68(106-108(10,11)83(2,3)4)69(51-58)107-109(12,13)84(5,6)7/h14-48,51,57,70,75-82,90H,49-50,52-56H2,1-13H3/t57-,70+,75+,76-,77-,78+,79+,80+,81+,82-/m0/s1. The summed E-state index contributed by atoms with van der Waals surface area (Å²) < 4.78 is 109. The molecule has 0 aliphatic carbocycles. The largest absolute Gasteiger partial charge is 0.541 e. The zero-order valence-corrected chi connectivity index (χ0v) is 66.0. The fourth-order valence-corrected chi connectivity index (χ4v) is 13.8. The van der Waals surface area contributed by atoms with Crippen molar-refractivity contribution < 1.29 is 104 Å². The summed E-state index contributed by atoms with van der Waals surface area (Å²) in [5, 5.41) is 13.3. The first-order valence-corrected chi connectivity index (χ1v) is 42.2. The first kappa shape index (κ1) is 81.7. The van der Waals surface area contributed by atoms with Crippen molar-refractivity contribution in [3.05, 3.63) is 241 Å². The molecule has 0 aromatic heterocycles. The third kappa shape index (κ3) is 21.6. The molecule has 2 heterocycles. The smallest absolute Gasteiger partial charge is 0.344 e. The summed E-state index contributed by atoms with van der Waals surface area (Å²) >= 11 is 0. The van der Waals surface area contributed by atoms with Crippen LogP contribution in [0.1, 0.15) is 70.7 Å². The van der Waals surface area contributed by atoms with Gasteiger partial charge in [-0.15, -0.1) is 0 Å². The van der Waals surface area contributed by atoms with Crippen molar-refractivity contribution in [2.75, 3.05) is 53.9 Å². The van der Waals surface area contributed by atoms with Crippen LogP contribution in [0.2, 0.25) is 36.3 Å². The molecule has 0 radical (unpaired) electrons. The van der Waals surface area contributed by atoms with Crippen LogP contribution in [0, 0.1) is 0 Å². The van der Waals surface area contributed by atoms with Gasteiger partial charge in [-0.3, -0.25) is 0 Å². The van der Waals surface area contributed by atoms with Gasteiger partial charge in [-0.2, -0.15) is 0 Å². The van der Waals surface area contributed by atoms with Crippen molar-refractivity contribution in [1.29, 1.82) is 0 Å². The number of carbonyl (C=O) groups is 4. The van der Waals surface area contributed by atoms with E-state index in [1.165, 1.54) is 6.92 Å². The summed E-state index contributed by atoms with van der Waals surface area (Å²) in [6, 6.07) is 64.1. The predicted octanol–water partition coefficient (Wildman–Crippen LogP) is 14.2. The lowest BCUT2D eigenvalue weighted by Gasteiger charge is -2.48. The third-order valence-corrected chi connectivity index (χ3v) is 28.5. The van der Waals surface area contributed by atoms with E-state index in [1.807, 2.05) is 97.1 Å². The van der Waals surface area contributed by atoms with Gasteiger partial charge in [-0.25, -0.2) is 19.2 Å². The Balaban J connectivity index is 1.09. The molecule has 2 aliphatic rings. The molecule has 10 rings (SSSR count). The Kier molecular flexibility index (Phi) is 27.8. The van der Waals surface area contributed by atoms with Gasteiger partial charge in [0, 0.05) is 0 Å². The van der Waals surface area contributed by atoms with Gasteiger partial charge in [0.25, 0.3) is 16.6 Å². The van der Waals surface area contributed by atoms with Gasteiger partial charge in [0.15, 0.2) is 63.4 Å². The van der Waals surface area contributed by atoms with Gasteiger partial charge in [0.05, 0.1) is 33.5 Å². The normalized spacial score (nSPS) is 20.3. The monoisotopic (exact) mass is 1530 g/mol. The third-order valence-electron chi connectivity index (χ3n) is 19.8. The number of aliphatic hydroxyl groups is 1. The fraction of sp³-hybridized carbons (Fsp3) is 0.388. The average molecular weight is 1530 g/mol. The summed E-state index contributed by atoms with van der Waals surface area (Å²) in [6.45, 7) is 20.0. The first-order valence-electron chi connectivity index (χ1n) is 36.4. The van der Waals surface area contributed by atoms with Crippen molar-refractivity contribution in [2.24, 2.45) is 0 Å². The van der Waals surface area contributed by atoms with Gasteiger partial charge in [-0.1, -0.05) is 175 Å². The highest BCUT2D eigenvalue weighted by Crippen LogP contribution is 2.46. The molecule has 580 valence electrons. The quantitative estimate of drug-likeness (QED) is 0.0170. The van der Waals surface area contributed by atoms with Crippen LogP contribution >= 0.6 is 0 Å². The second kappa shape index (κ2) is 37.1. The average Bonchev–Trinajstić information content (AvgIpc) is 0.746. The van der Waals surface area contributed by atoms with Crippen molar-refractivity contribution >= 4 is 40.5 Å². The van der Waals surface area contributed by atoms with Gasteiger partial charge in [0.2, 0.25) is 0 Å². The van der Waals surface area contributed by atoms with E-state index < -0.39 is 141 Å². The molecule has 8 aromatic carbocycles. The molecule has 0 spiro atoms. The van der Waals surface area contributed by atoms with Crippen molar-refractivity contribution in [2.45, 2.75) is 158 Å². The van der Waals surface area contributed by atoms with Gasteiger partial charge in [-0.05, 0) is 157 Å². The molecule has 24 heteroatoms. The number of rotatable bonds is 34. The van der Waals surface area contributed by atoms with Crippen LogP contribution in [-0.2, 0) is 73.8 Å². The summed E-state index contributed by atoms with van der Waals surface area (Å²) in [5.41, 5.74) is 1.24. The molecule has 0 amide bonds. The van der Waals surface area contributed by atoms with Crippen molar-refractivity contribution in [3.63, 3.8) is 0 Å². The molecule has 0 bridgehead atoms. The lowest BCUT2D eigenvalue weighted by atomic mass is 9.80.